The summed E-state index contributed by atoms with van der Waals surface area (Å²) in [4.78, 5) is 1.34. The van der Waals surface area contributed by atoms with E-state index in [0.29, 0.717) is 0 Å². The van der Waals surface area contributed by atoms with E-state index in [1.165, 1.54) is 29.7 Å². The molecule has 0 saturated heterocycles. The van der Waals surface area contributed by atoms with Gasteiger partial charge in [0.15, 0.2) is 0 Å². The molecule has 17 heavy (non-hydrogen) atoms. The Hall–Kier alpha value is -0.180. The highest BCUT2D eigenvalue weighted by atomic mass is 35.5. The van der Waals surface area contributed by atoms with Crippen LogP contribution in [0.3, 0.4) is 0 Å². The fourth-order valence-electron chi connectivity index (χ4n) is 1.76. The van der Waals surface area contributed by atoms with E-state index in [2.05, 4.69) is 38.1 Å². The first-order chi connectivity index (χ1) is 7.77. The first kappa shape index (κ1) is 16.8. The fraction of sp³-hybridized carbons (Fsp3) is 0.571. The first-order valence-corrected chi connectivity index (χ1v) is 7.24. The number of nitrogens with two attached hydrogens (primary N) is 1. The Morgan fingerprint density at radius 3 is 2.29 bits per heavy atom. The number of hydrogen-bond donors (Lipinski definition) is 1. The summed E-state index contributed by atoms with van der Waals surface area (Å²) in [6.45, 7) is 4.40. The van der Waals surface area contributed by atoms with E-state index in [9.17, 15) is 0 Å². The number of unbranched alkanes of at least 4 members (excludes halogenated alkanes) is 2. The van der Waals surface area contributed by atoms with E-state index in [4.69, 9.17) is 5.73 Å². The van der Waals surface area contributed by atoms with Gasteiger partial charge in [-0.2, -0.15) is 0 Å². The van der Waals surface area contributed by atoms with Crippen LogP contribution in [0.1, 0.15) is 51.1 Å². The van der Waals surface area contributed by atoms with Crippen molar-refractivity contribution in [2.24, 2.45) is 5.73 Å². The molecule has 0 heterocycles. The van der Waals surface area contributed by atoms with E-state index in [1.54, 1.807) is 0 Å². The van der Waals surface area contributed by atoms with Gasteiger partial charge in [-0.05, 0) is 29.9 Å². The zero-order valence-corrected chi connectivity index (χ0v) is 12.4. The van der Waals surface area contributed by atoms with Crippen molar-refractivity contribution in [1.29, 1.82) is 0 Å². The van der Waals surface area contributed by atoms with Gasteiger partial charge in [0.2, 0.25) is 0 Å². The Labute approximate surface area is 116 Å². The van der Waals surface area contributed by atoms with Crippen LogP contribution in [0.2, 0.25) is 0 Å². The average molecular weight is 274 g/mol. The van der Waals surface area contributed by atoms with Gasteiger partial charge in [0.25, 0.3) is 0 Å². The van der Waals surface area contributed by atoms with Crippen molar-refractivity contribution in [2.75, 3.05) is 5.75 Å². The largest absolute Gasteiger partial charge is 0.324 e. The minimum Gasteiger partial charge on any atom is -0.324 e. The molecule has 0 unspecified atom stereocenters. The highest BCUT2D eigenvalue weighted by Gasteiger charge is 2.05. The van der Waals surface area contributed by atoms with Crippen LogP contribution in [0, 0.1) is 0 Å². The van der Waals surface area contributed by atoms with Gasteiger partial charge in [-0.1, -0.05) is 45.2 Å². The third-order valence-electron chi connectivity index (χ3n) is 2.74. The molecule has 1 rings (SSSR count). The molecule has 98 valence electrons. The summed E-state index contributed by atoms with van der Waals surface area (Å²) in [7, 11) is 0. The molecule has 0 radical (unpaired) electrons. The van der Waals surface area contributed by atoms with Gasteiger partial charge >= 0.3 is 0 Å². The van der Waals surface area contributed by atoms with Gasteiger partial charge in [0.1, 0.15) is 0 Å². The Bertz CT molecular complexity index is 287. The maximum atomic E-state index is 6.15. The summed E-state index contributed by atoms with van der Waals surface area (Å²) in [5, 5.41) is 0. The van der Waals surface area contributed by atoms with Gasteiger partial charge in [-0.3, -0.25) is 0 Å². The number of halogens is 1. The van der Waals surface area contributed by atoms with Gasteiger partial charge in [0.05, 0.1) is 0 Å². The number of rotatable bonds is 7. The Morgan fingerprint density at radius 2 is 1.76 bits per heavy atom. The SMILES string of the molecule is CCCCC[C@@H](N)c1ccc(SCC)cc1.Cl. The molecule has 3 heteroatoms. The van der Waals surface area contributed by atoms with Crippen LogP contribution >= 0.6 is 24.2 Å². The summed E-state index contributed by atoms with van der Waals surface area (Å²) in [5.74, 6) is 1.13. The zero-order chi connectivity index (χ0) is 11.8. The van der Waals surface area contributed by atoms with Crippen molar-refractivity contribution < 1.29 is 0 Å². The van der Waals surface area contributed by atoms with Crippen LogP contribution in [0.25, 0.3) is 0 Å². The quantitative estimate of drug-likeness (QED) is 0.570. The molecule has 0 aliphatic carbocycles. The second-order valence-electron chi connectivity index (χ2n) is 4.10. The van der Waals surface area contributed by atoms with Crippen LogP contribution in [0.15, 0.2) is 29.2 Å². The smallest absolute Gasteiger partial charge is 0.0294 e. The van der Waals surface area contributed by atoms with E-state index >= 15 is 0 Å². The minimum atomic E-state index is 0. The second kappa shape index (κ2) is 9.81. The van der Waals surface area contributed by atoms with Gasteiger partial charge in [-0.25, -0.2) is 0 Å². The maximum Gasteiger partial charge on any atom is 0.0294 e. The predicted molar refractivity (Wildman–Crippen MR) is 81.2 cm³/mol. The predicted octanol–water partition coefficient (Wildman–Crippen LogP) is 4.80. The van der Waals surface area contributed by atoms with Crippen molar-refractivity contribution in [3.8, 4) is 0 Å². The van der Waals surface area contributed by atoms with Crippen molar-refractivity contribution >= 4 is 24.2 Å². The first-order valence-electron chi connectivity index (χ1n) is 6.26. The Balaban J connectivity index is 0.00000256. The molecule has 0 fully saturated rings. The molecule has 0 bridgehead atoms. The molecule has 1 atom stereocenters. The monoisotopic (exact) mass is 273 g/mol. The van der Waals surface area contributed by atoms with Crippen LogP contribution in [0.5, 0.6) is 0 Å². The molecule has 1 aromatic carbocycles. The third-order valence-corrected chi connectivity index (χ3v) is 3.63. The molecule has 0 saturated carbocycles. The van der Waals surface area contributed by atoms with Crippen molar-refractivity contribution in [1.82, 2.24) is 0 Å². The van der Waals surface area contributed by atoms with Crippen LogP contribution in [-0.4, -0.2) is 5.75 Å². The van der Waals surface area contributed by atoms with Crippen LogP contribution in [-0.2, 0) is 0 Å². The molecule has 0 spiro atoms. The van der Waals surface area contributed by atoms with Crippen LogP contribution in [0.4, 0.5) is 0 Å². The van der Waals surface area contributed by atoms with E-state index < -0.39 is 0 Å². The summed E-state index contributed by atoms with van der Waals surface area (Å²) < 4.78 is 0. The van der Waals surface area contributed by atoms with E-state index in [0.717, 1.165) is 12.2 Å². The Morgan fingerprint density at radius 1 is 1.12 bits per heavy atom. The second-order valence-corrected chi connectivity index (χ2v) is 5.44. The molecule has 1 aromatic rings. The number of thioether (sulfide) groups is 1. The minimum absolute atomic E-state index is 0. The summed E-state index contributed by atoms with van der Waals surface area (Å²) in [5.41, 5.74) is 7.43. The summed E-state index contributed by atoms with van der Waals surface area (Å²) in [6.07, 6.45) is 4.90. The lowest BCUT2D eigenvalue weighted by Gasteiger charge is -2.12. The van der Waals surface area contributed by atoms with E-state index in [-0.39, 0.29) is 18.4 Å². The average Bonchev–Trinajstić information content (AvgIpc) is 2.30. The Kier molecular flexibility index (Phi) is 9.71. The summed E-state index contributed by atoms with van der Waals surface area (Å²) >= 11 is 1.88. The molecule has 0 aliphatic heterocycles. The zero-order valence-electron chi connectivity index (χ0n) is 10.8. The maximum absolute atomic E-state index is 6.15. The normalized spacial score (nSPS) is 11.9. The molecule has 0 aromatic heterocycles. The fourth-order valence-corrected chi connectivity index (χ4v) is 2.42. The molecule has 1 nitrogen and oxygen atoms in total. The lowest BCUT2D eigenvalue weighted by atomic mass is 10.0. The molecular formula is C14H24ClNS. The highest BCUT2D eigenvalue weighted by Crippen LogP contribution is 2.22. The number of hydrogen-bond acceptors (Lipinski definition) is 2. The van der Waals surface area contributed by atoms with Gasteiger partial charge < -0.3 is 5.73 Å². The van der Waals surface area contributed by atoms with Gasteiger partial charge in [-0.15, -0.1) is 24.2 Å². The lowest BCUT2D eigenvalue weighted by Crippen LogP contribution is -2.09. The lowest BCUT2D eigenvalue weighted by molar-refractivity contribution is 0.581. The highest BCUT2D eigenvalue weighted by molar-refractivity contribution is 7.99. The van der Waals surface area contributed by atoms with Gasteiger partial charge in [0, 0.05) is 10.9 Å². The van der Waals surface area contributed by atoms with Crippen molar-refractivity contribution in [3.05, 3.63) is 29.8 Å². The topological polar surface area (TPSA) is 26.0 Å². The van der Waals surface area contributed by atoms with E-state index in [1.807, 2.05) is 11.8 Å². The molecule has 2 N–H and O–H groups in total. The molecular weight excluding hydrogens is 250 g/mol. The number of benzene rings is 1. The molecule has 0 aliphatic rings. The van der Waals surface area contributed by atoms with Crippen LogP contribution < -0.4 is 5.73 Å². The molecule has 0 amide bonds. The van der Waals surface area contributed by atoms with Crippen molar-refractivity contribution in [3.63, 3.8) is 0 Å². The summed E-state index contributed by atoms with van der Waals surface area (Å²) in [6, 6.07) is 8.93. The standard InChI is InChI=1S/C14H23NS.ClH/c1-3-5-6-7-14(15)12-8-10-13(11-9-12)16-4-2;/h8-11,14H,3-7,15H2,1-2H3;1H/t14-;/m1./s1. The third kappa shape index (κ3) is 6.35. The van der Waals surface area contributed by atoms with Crippen molar-refractivity contribution in [2.45, 2.75) is 50.5 Å².